The number of carboxylic acid groups (broad SMARTS) is 1. The zero-order chi connectivity index (χ0) is 6.85. The lowest BCUT2D eigenvalue weighted by Crippen LogP contribution is -2.11. The Kier molecular flexibility index (Phi) is 1.75. The van der Waals surface area contributed by atoms with Crippen molar-refractivity contribution in [2.75, 3.05) is 5.75 Å². The topological polar surface area (TPSA) is 49.7 Å². The van der Waals surface area contributed by atoms with E-state index in [0.717, 1.165) is 0 Å². The van der Waals surface area contributed by atoms with Crippen LogP contribution in [0.4, 0.5) is 0 Å². The number of rotatable bonds is 1. The summed E-state index contributed by atoms with van der Waals surface area (Å²) in [6.07, 6.45) is 0. The monoisotopic (exact) mass is 145 g/mol. The quantitative estimate of drug-likeness (QED) is 0.588. The summed E-state index contributed by atoms with van der Waals surface area (Å²) in [5.41, 5.74) is 0.299. The smallest absolute Gasteiger partial charge is 0.350 e. The van der Waals surface area contributed by atoms with Gasteiger partial charge in [-0.2, -0.15) is 0 Å². The number of hydrogen-bond donors (Lipinski definition) is 1. The molecule has 1 unspecified atom stereocenters. The number of aliphatic imine (C=N–C) groups is 1. The lowest BCUT2D eigenvalue weighted by atomic mass is 10.4. The second kappa shape index (κ2) is 2.39. The maximum atomic E-state index is 10.2. The van der Waals surface area contributed by atoms with Crippen LogP contribution < -0.4 is 0 Å². The molecule has 0 fully saturated rings. The molecule has 1 atom stereocenters. The van der Waals surface area contributed by atoms with E-state index in [1.807, 2.05) is 6.92 Å². The molecule has 0 spiro atoms. The number of carbonyl (C=O) groups is 1. The molecule has 1 N–H and O–H groups in total. The van der Waals surface area contributed by atoms with Gasteiger partial charge in [-0.3, -0.25) is 4.99 Å². The van der Waals surface area contributed by atoms with Gasteiger partial charge in [0.1, 0.15) is 5.71 Å². The van der Waals surface area contributed by atoms with Crippen LogP contribution >= 0.6 is 11.8 Å². The van der Waals surface area contributed by atoms with Crippen molar-refractivity contribution in [2.45, 2.75) is 12.3 Å². The molecule has 3 nitrogen and oxygen atoms in total. The van der Waals surface area contributed by atoms with Gasteiger partial charge in [0.15, 0.2) is 0 Å². The number of hydrogen-bond acceptors (Lipinski definition) is 3. The van der Waals surface area contributed by atoms with E-state index in [0.29, 0.717) is 11.5 Å². The fourth-order valence-corrected chi connectivity index (χ4v) is 1.41. The van der Waals surface area contributed by atoms with Crippen molar-refractivity contribution in [1.29, 1.82) is 0 Å². The van der Waals surface area contributed by atoms with Crippen LogP contribution in [0, 0.1) is 0 Å². The molecule has 4 heteroatoms. The minimum atomic E-state index is -0.883. The molecule has 0 saturated heterocycles. The standard InChI is InChI=1S/C5H7NO2S/c1-3-6-4(2-9-3)5(7)8/h3H,2H2,1H3,(H,7,8). The number of nitrogens with zero attached hydrogens (tertiary/aromatic N) is 1. The maximum absolute atomic E-state index is 10.2. The number of thioether (sulfide) groups is 1. The average Bonchev–Trinajstić information content (AvgIpc) is 2.14. The van der Waals surface area contributed by atoms with Gasteiger partial charge in [0, 0.05) is 5.75 Å². The van der Waals surface area contributed by atoms with E-state index in [4.69, 9.17) is 5.11 Å². The van der Waals surface area contributed by atoms with Gasteiger partial charge in [-0.25, -0.2) is 4.79 Å². The average molecular weight is 145 g/mol. The summed E-state index contributed by atoms with van der Waals surface area (Å²) in [5.74, 6) is -0.330. The normalized spacial score (nSPS) is 25.9. The Labute approximate surface area is 57.2 Å². The number of carboxylic acids is 1. The van der Waals surface area contributed by atoms with Crippen molar-refractivity contribution >= 4 is 23.4 Å². The third-order valence-corrected chi connectivity index (χ3v) is 2.07. The van der Waals surface area contributed by atoms with Crippen LogP contribution in [0.15, 0.2) is 4.99 Å². The summed E-state index contributed by atoms with van der Waals surface area (Å²) in [7, 11) is 0. The predicted octanol–water partition coefficient (Wildman–Crippen LogP) is 0.605. The van der Waals surface area contributed by atoms with Crippen molar-refractivity contribution in [3.8, 4) is 0 Å². The van der Waals surface area contributed by atoms with E-state index in [-0.39, 0.29) is 5.37 Å². The van der Waals surface area contributed by atoms with Gasteiger partial charge < -0.3 is 5.11 Å². The van der Waals surface area contributed by atoms with E-state index in [2.05, 4.69) is 4.99 Å². The van der Waals surface area contributed by atoms with E-state index >= 15 is 0 Å². The van der Waals surface area contributed by atoms with Gasteiger partial charge in [0.2, 0.25) is 0 Å². The van der Waals surface area contributed by atoms with Crippen LogP contribution in [0.25, 0.3) is 0 Å². The Morgan fingerprint density at radius 2 is 2.67 bits per heavy atom. The maximum Gasteiger partial charge on any atom is 0.350 e. The molecule has 1 aliphatic heterocycles. The molecule has 0 saturated carbocycles. The van der Waals surface area contributed by atoms with Gasteiger partial charge in [-0.15, -0.1) is 11.8 Å². The summed E-state index contributed by atoms with van der Waals surface area (Å²) >= 11 is 1.55. The molecule has 0 radical (unpaired) electrons. The zero-order valence-electron chi connectivity index (χ0n) is 5.00. The summed E-state index contributed by atoms with van der Waals surface area (Å²) < 4.78 is 0. The minimum absolute atomic E-state index is 0.135. The van der Waals surface area contributed by atoms with Crippen molar-refractivity contribution < 1.29 is 9.90 Å². The molecule has 0 aliphatic carbocycles. The zero-order valence-corrected chi connectivity index (χ0v) is 5.81. The Hall–Kier alpha value is -0.510. The first-order chi connectivity index (χ1) is 4.20. The van der Waals surface area contributed by atoms with Crippen LogP contribution in [0.3, 0.4) is 0 Å². The lowest BCUT2D eigenvalue weighted by Gasteiger charge is -1.88. The van der Waals surface area contributed by atoms with Crippen LogP contribution in [-0.2, 0) is 4.79 Å². The Morgan fingerprint density at radius 1 is 2.00 bits per heavy atom. The number of aliphatic carboxylic acids is 1. The van der Waals surface area contributed by atoms with E-state index in [1.165, 1.54) is 0 Å². The van der Waals surface area contributed by atoms with Gasteiger partial charge >= 0.3 is 5.97 Å². The molecule has 1 aliphatic rings. The minimum Gasteiger partial charge on any atom is -0.477 e. The Balaban J connectivity index is 2.62. The van der Waals surface area contributed by atoms with Crippen LogP contribution in [-0.4, -0.2) is 27.9 Å². The fourth-order valence-electron chi connectivity index (χ4n) is 0.610. The van der Waals surface area contributed by atoms with E-state index in [9.17, 15) is 4.79 Å². The van der Waals surface area contributed by atoms with Gasteiger partial charge in [-0.1, -0.05) is 0 Å². The second-order valence-electron chi connectivity index (χ2n) is 1.79. The molecule has 9 heavy (non-hydrogen) atoms. The van der Waals surface area contributed by atoms with Gasteiger partial charge in [-0.05, 0) is 6.92 Å². The van der Waals surface area contributed by atoms with Crippen molar-refractivity contribution in [3.05, 3.63) is 0 Å². The highest BCUT2D eigenvalue weighted by Gasteiger charge is 2.18. The second-order valence-corrected chi connectivity index (χ2v) is 3.10. The highest BCUT2D eigenvalue weighted by atomic mass is 32.2. The molecule has 1 heterocycles. The summed E-state index contributed by atoms with van der Waals surface area (Å²) in [5, 5.41) is 8.52. The van der Waals surface area contributed by atoms with E-state index < -0.39 is 5.97 Å². The molecule has 1 rings (SSSR count). The first-order valence-electron chi connectivity index (χ1n) is 2.61. The molecular formula is C5H7NO2S. The van der Waals surface area contributed by atoms with Gasteiger partial charge in [0.25, 0.3) is 0 Å². The van der Waals surface area contributed by atoms with Crippen LogP contribution in [0.2, 0.25) is 0 Å². The van der Waals surface area contributed by atoms with Crippen LogP contribution in [0.5, 0.6) is 0 Å². The summed E-state index contributed by atoms with van der Waals surface area (Å²) in [6, 6.07) is 0. The van der Waals surface area contributed by atoms with Crippen LogP contribution in [0.1, 0.15) is 6.92 Å². The largest absolute Gasteiger partial charge is 0.477 e. The molecular weight excluding hydrogens is 138 g/mol. The Morgan fingerprint density at radius 3 is 2.89 bits per heavy atom. The van der Waals surface area contributed by atoms with E-state index in [1.54, 1.807) is 11.8 Å². The molecule has 0 amide bonds. The highest BCUT2D eigenvalue weighted by Crippen LogP contribution is 2.18. The molecule has 0 aromatic heterocycles. The third-order valence-electron chi connectivity index (χ3n) is 1.05. The van der Waals surface area contributed by atoms with Gasteiger partial charge in [0.05, 0.1) is 5.37 Å². The first-order valence-corrected chi connectivity index (χ1v) is 3.66. The summed E-state index contributed by atoms with van der Waals surface area (Å²) in [4.78, 5) is 14.1. The first kappa shape index (κ1) is 6.61. The predicted molar refractivity (Wildman–Crippen MR) is 37.0 cm³/mol. The SMILES string of the molecule is CC1N=C(C(=O)O)CS1. The van der Waals surface area contributed by atoms with Crippen molar-refractivity contribution in [2.24, 2.45) is 4.99 Å². The fraction of sp³-hybridized carbons (Fsp3) is 0.600. The molecule has 50 valence electrons. The summed E-state index contributed by atoms with van der Waals surface area (Å²) in [6.45, 7) is 1.89. The third kappa shape index (κ3) is 1.45. The van der Waals surface area contributed by atoms with Crippen molar-refractivity contribution in [3.63, 3.8) is 0 Å². The molecule has 0 bridgehead atoms. The Bertz CT molecular complexity index is 166. The molecule has 0 aromatic carbocycles. The highest BCUT2D eigenvalue weighted by molar-refractivity contribution is 8.01. The van der Waals surface area contributed by atoms with Crippen molar-refractivity contribution in [1.82, 2.24) is 0 Å². The molecule has 0 aromatic rings. The lowest BCUT2D eigenvalue weighted by molar-refractivity contribution is -0.129.